The zero-order valence-corrected chi connectivity index (χ0v) is 17.0. The van der Waals surface area contributed by atoms with E-state index < -0.39 is 17.2 Å². The van der Waals surface area contributed by atoms with Gasteiger partial charge in [0.05, 0.1) is 16.6 Å². The van der Waals surface area contributed by atoms with Crippen LogP contribution < -0.4 is 16.6 Å². The Morgan fingerprint density at radius 2 is 1.71 bits per heavy atom. The molecule has 0 fully saturated rings. The second kappa shape index (κ2) is 8.57. The maximum atomic E-state index is 13.2. The van der Waals surface area contributed by atoms with Crippen LogP contribution in [-0.2, 0) is 17.9 Å². The van der Waals surface area contributed by atoms with Crippen molar-refractivity contribution in [1.82, 2.24) is 14.5 Å². The molecule has 1 aromatic heterocycles. The number of halogens is 2. The molecule has 6 nitrogen and oxygen atoms in total. The van der Waals surface area contributed by atoms with Crippen molar-refractivity contribution in [3.8, 4) is 5.69 Å². The Bertz CT molecular complexity index is 1390. The fourth-order valence-corrected chi connectivity index (χ4v) is 3.50. The number of nitrogens with zero attached hydrogens (tertiary/aromatic N) is 2. The van der Waals surface area contributed by atoms with E-state index >= 15 is 0 Å². The lowest BCUT2D eigenvalue weighted by Gasteiger charge is -2.14. The molecule has 0 aliphatic rings. The van der Waals surface area contributed by atoms with Crippen LogP contribution in [0.4, 0.5) is 4.39 Å². The lowest BCUT2D eigenvalue weighted by atomic mass is 10.2. The van der Waals surface area contributed by atoms with Crippen LogP contribution in [0.5, 0.6) is 0 Å². The van der Waals surface area contributed by atoms with Gasteiger partial charge in [0.25, 0.3) is 5.56 Å². The van der Waals surface area contributed by atoms with E-state index in [1.54, 1.807) is 54.6 Å². The SMILES string of the molecule is O=C(Cn1c(=O)n(-c2cccc(Cl)c2)c(=O)c2ccccc21)NCc1ccc(F)cc1. The molecule has 0 radical (unpaired) electrons. The molecule has 0 aliphatic carbocycles. The van der Waals surface area contributed by atoms with E-state index in [1.165, 1.54) is 22.8 Å². The van der Waals surface area contributed by atoms with Gasteiger partial charge < -0.3 is 5.32 Å². The highest BCUT2D eigenvalue weighted by atomic mass is 35.5. The summed E-state index contributed by atoms with van der Waals surface area (Å²) in [5.41, 5.74) is 0.242. The Morgan fingerprint density at radius 3 is 2.45 bits per heavy atom. The minimum Gasteiger partial charge on any atom is -0.350 e. The molecular formula is C23H17ClFN3O3. The van der Waals surface area contributed by atoms with Crippen LogP contribution in [0.15, 0.2) is 82.4 Å². The van der Waals surface area contributed by atoms with Crippen LogP contribution in [0.2, 0.25) is 5.02 Å². The van der Waals surface area contributed by atoms with Gasteiger partial charge in [-0.1, -0.05) is 41.9 Å². The number of carbonyl (C=O) groups excluding carboxylic acids is 1. The number of hydrogen-bond donors (Lipinski definition) is 1. The van der Waals surface area contributed by atoms with Crippen LogP contribution in [0.3, 0.4) is 0 Å². The highest BCUT2D eigenvalue weighted by Crippen LogP contribution is 2.14. The van der Waals surface area contributed by atoms with E-state index in [0.717, 1.165) is 10.1 Å². The van der Waals surface area contributed by atoms with E-state index in [0.29, 0.717) is 21.6 Å². The third kappa shape index (κ3) is 4.27. The maximum absolute atomic E-state index is 13.2. The monoisotopic (exact) mass is 437 g/mol. The minimum atomic E-state index is -0.650. The lowest BCUT2D eigenvalue weighted by molar-refractivity contribution is -0.121. The molecule has 1 heterocycles. The molecule has 0 saturated heterocycles. The molecule has 8 heteroatoms. The fourth-order valence-electron chi connectivity index (χ4n) is 3.32. The maximum Gasteiger partial charge on any atom is 0.336 e. The summed E-state index contributed by atoms with van der Waals surface area (Å²) in [5, 5.41) is 3.39. The van der Waals surface area contributed by atoms with Crippen LogP contribution >= 0.6 is 11.6 Å². The minimum absolute atomic E-state index is 0.180. The van der Waals surface area contributed by atoms with Crippen molar-refractivity contribution in [3.05, 3.63) is 110 Å². The molecule has 1 N–H and O–H groups in total. The normalized spacial score (nSPS) is 10.9. The Hall–Kier alpha value is -3.71. The molecule has 0 aliphatic heterocycles. The number of para-hydroxylation sites is 1. The van der Waals surface area contributed by atoms with Crippen LogP contribution in [0, 0.1) is 5.82 Å². The number of hydrogen-bond acceptors (Lipinski definition) is 3. The van der Waals surface area contributed by atoms with Crippen LogP contribution in [0.25, 0.3) is 16.6 Å². The summed E-state index contributed by atoms with van der Waals surface area (Å²) >= 11 is 6.04. The van der Waals surface area contributed by atoms with Gasteiger partial charge in [0, 0.05) is 11.6 Å². The third-order valence-electron chi connectivity index (χ3n) is 4.82. The Labute approximate surface area is 181 Å². The molecule has 4 rings (SSSR count). The van der Waals surface area contributed by atoms with E-state index in [2.05, 4.69) is 5.32 Å². The first-order valence-corrected chi connectivity index (χ1v) is 9.83. The van der Waals surface area contributed by atoms with Crippen molar-refractivity contribution >= 4 is 28.4 Å². The van der Waals surface area contributed by atoms with Gasteiger partial charge in [-0.25, -0.2) is 13.8 Å². The predicted octanol–water partition coefficient (Wildman–Crippen LogP) is 3.26. The summed E-state index contributed by atoms with van der Waals surface area (Å²) in [5.74, 6) is -0.788. The molecular weight excluding hydrogens is 421 g/mol. The number of fused-ring (bicyclic) bond motifs is 1. The molecule has 156 valence electrons. The van der Waals surface area contributed by atoms with Crippen LogP contribution in [-0.4, -0.2) is 15.0 Å². The summed E-state index contributed by atoms with van der Waals surface area (Å²) in [6, 6.07) is 18.7. The number of carbonyl (C=O) groups is 1. The van der Waals surface area contributed by atoms with Crippen molar-refractivity contribution in [2.75, 3.05) is 0 Å². The summed E-state index contributed by atoms with van der Waals surface area (Å²) in [6.45, 7) is -0.110. The van der Waals surface area contributed by atoms with Crippen molar-refractivity contribution in [3.63, 3.8) is 0 Å². The van der Waals surface area contributed by atoms with E-state index in [1.807, 2.05) is 0 Å². The smallest absolute Gasteiger partial charge is 0.336 e. The first-order chi connectivity index (χ1) is 14.9. The van der Waals surface area contributed by atoms with E-state index in [4.69, 9.17) is 11.6 Å². The summed E-state index contributed by atoms with van der Waals surface area (Å²) in [4.78, 5) is 38.8. The highest BCUT2D eigenvalue weighted by Gasteiger charge is 2.16. The molecule has 0 atom stereocenters. The van der Waals surface area contributed by atoms with E-state index in [9.17, 15) is 18.8 Å². The van der Waals surface area contributed by atoms with Gasteiger partial charge in [-0.05, 0) is 48.0 Å². The quantitative estimate of drug-likeness (QED) is 0.521. The average molecular weight is 438 g/mol. The van der Waals surface area contributed by atoms with Gasteiger partial charge in [0.15, 0.2) is 0 Å². The largest absolute Gasteiger partial charge is 0.350 e. The summed E-state index contributed by atoms with van der Waals surface area (Å²) in [7, 11) is 0. The van der Waals surface area contributed by atoms with Crippen molar-refractivity contribution in [1.29, 1.82) is 0 Å². The Balaban J connectivity index is 1.73. The zero-order valence-electron chi connectivity index (χ0n) is 16.2. The first-order valence-electron chi connectivity index (χ1n) is 9.46. The second-order valence-electron chi connectivity index (χ2n) is 6.91. The van der Waals surface area contributed by atoms with Crippen molar-refractivity contribution in [2.45, 2.75) is 13.1 Å². The van der Waals surface area contributed by atoms with Crippen LogP contribution in [0.1, 0.15) is 5.56 Å². The predicted molar refractivity (Wildman–Crippen MR) is 117 cm³/mol. The molecule has 0 bridgehead atoms. The molecule has 1 amide bonds. The lowest BCUT2D eigenvalue weighted by Crippen LogP contribution is -2.41. The highest BCUT2D eigenvalue weighted by molar-refractivity contribution is 6.30. The topological polar surface area (TPSA) is 73.1 Å². The van der Waals surface area contributed by atoms with E-state index in [-0.39, 0.29) is 18.9 Å². The second-order valence-corrected chi connectivity index (χ2v) is 7.35. The average Bonchev–Trinajstić information content (AvgIpc) is 2.76. The fraction of sp³-hybridized carbons (Fsp3) is 0.0870. The number of benzene rings is 3. The van der Waals surface area contributed by atoms with Crippen molar-refractivity contribution in [2.24, 2.45) is 0 Å². The molecule has 31 heavy (non-hydrogen) atoms. The van der Waals surface area contributed by atoms with Gasteiger partial charge in [-0.15, -0.1) is 0 Å². The summed E-state index contributed by atoms with van der Waals surface area (Å²) in [6.07, 6.45) is 0. The number of amides is 1. The van der Waals surface area contributed by atoms with Crippen molar-refractivity contribution < 1.29 is 9.18 Å². The Morgan fingerprint density at radius 1 is 0.968 bits per heavy atom. The third-order valence-corrected chi connectivity index (χ3v) is 5.06. The summed E-state index contributed by atoms with van der Waals surface area (Å²) < 4.78 is 15.3. The van der Waals surface area contributed by atoms with Gasteiger partial charge >= 0.3 is 5.69 Å². The number of aromatic nitrogens is 2. The number of nitrogens with one attached hydrogen (secondary N) is 1. The molecule has 0 saturated carbocycles. The molecule has 0 spiro atoms. The molecule has 4 aromatic rings. The zero-order chi connectivity index (χ0) is 22.0. The van der Waals surface area contributed by atoms with Gasteiger partial charge in [0.2, 0.25) is 5.91 Å². The molecule has 0 unspecified atom stereocenters. The van der Waals surface area contributed by atoms with Gasteiger partial charge in [-0.2, -0.15) is 0 Å². The Kier molecular flexibility index (Phi) is 5.68. The standard InChI is InChI=1S/C23H17ClFN3O3/c24-16-4-3-5-18(12-16)28-22(30)19-6-1-2-7-20(19)27(23(28)31)14-21(29)26-13-15-8-10-17(25)11-9-15/h1-12H,13-14H2,(H,26,29). The number of rotatable bonds is 5. The van der Waals surface area contributed by atoms with Gasteiger partial charge in [0.1, 0.15) is 12.4 Å². The van der Waals surface area contributed by atoms with Gasteiger partial charge in [-0.3, -0.25) is 14.2 Å². The molecule has 3 aromatic carbocycles. The first kappa shape index (κ1) is 20.6.